The third kappa shape index (κ3) is 4.11. The fraction of sp³-hybridized carbons (Fsp3) is 0.667. The van der Waals surface area contributed by atoms with E-state index < -0.39 is 6.10 Å². The predicted molar refractivity (Wildman–Crippen MR) is 89.4 cm³/mol. The molecular formula is C18H28N2O3. The van der Waals surface area contributed by atoms with Gasteiger partial charge in [0.25, 0.3) is 0 Å². The molecule has 5 heteroatoms. The van der Waals surface area contributed by atoms with E-state index >= 15 is 0 Å². The van der Waals surface area contributed by atoms with E-state index in [-0.39, 0.29) is 12.1 Å². The van der Waals surface area contributed by atoms with E-state index in [4.69, 9.17) is 9.47 Å². The summed E-state index contributed by atoms with van der Waals surface area (Å²) in [5, 5.41) is 10.6. The highest BCUT2D eigenvalue weighted by Crippen LogP contribution is 2.31. The van der Waals surface area contributed by atoms with E-state index in [9.17, 15) is 5.11 Å². The zero-order valence-corrected chi connectivity index (χ0v) is 13.9. The number of ether oxygens (including phenoxy) is 2. The molecule has 3 atom stereocenters. The van der Waals surface area contributed by atoms with Crippen LogP contribution in [0, 0.1) is 0 Å². The Labute approximate surface area is 138 Å². The topological polar surface area (TPSA) is 45.2 Å². The Morgan fingerprint density at radius 2 is 1.39 bits per heavy atom. The van der Waals surface area contributed by atoms with E-state index in [0.717, 1.165) is 52.6 Å². The molecule has 2 saturated heterocycles. The SMILES string of the molecule is C[C@H](O)[C@H]([C@@H](c1ccccc1)N1CCOCC1)N1CCOCC1. The van der Waals surface area contributed by atoms with Gasteiger partial charge in [-0.2, -0.15) is 0 Å². The van der Waals surface area contributed by atoms with Gasteiger partial charge in [0.05, 0.1) is 44.6 Å². The van der Waals surface area contributed by atoms with Crippen LogP contribution in [0.3, 0.4) is 0 Å². The Hall–Kier alpha value is -0.980. The van der Waals surface area contributed by atoms with Crippen molar-refractivity contribution in [3.05, 3.63) is 35.9 Å². The Balaban J connectivity index is 1.90. The highest BCUT2D eigenvalue weighted by molar-refractivity contribution is 5.22. The van der Waals surface area contributed by atoms with Crippen LogP contribution in [0.5, 0.6) is 0 Å². The molecule has 2 heterocycles. The van der Waals surface area contributed by atoms with Gasteiger partial charge in [0, 0.05) is 26.2 Å². The number of morpholine rings is 2. The summed E-state index contributed by atoms with van der Waals surface area (Å²) in [6.45, 7) is 8.50. The van der Waals surface area contributed by atoms with Gasteiger partial charge in [0.2, 0.25) is 0 Å². The van der Waals surface area contributed by atoms with Gasteiger partial charge < -0.3 is 14.6 Å². The van der Waals surface area contributed by atoms with E-state index in [1.54, 1.807) is 0 Å². The van der Waals surface area contributed by atoms with E-state index in [1.807, 2.05) is 13.0 Å². The number of nitrogens with zero attached hydrogens (tertiary/aromatic N) is 2. The molecule has 2 fully saturated rings. The average Bonchev–Trinajstić information content (AvgIpc) is 2.61. The van der Waals surface area contributed by atoms with Gasteiger partial charge in [0.1, 0.15) is 0 Å². The molecule has 0 saturated carbocycles. The van der Waals surface area contributed by atoms with Crippen LogP contribution in [0.2, 0.25) is 0 Å². The van der Waals surface area contributed by atoms with Crippen LogP contribution in [0.1, 0.15) is 18.5 Å². The van der Waals surface area contributed by atoms with Gasteiger partial charge >= 0.3 is 0 Å². The molecule has 23 heavy (non-hydrogen) atoms. The highest BCUT2D eigenvalue weighted by atomic mass is 16.5. The van der Waals surface area contributed by atoms with E-state index in [1.165, 1.54) is 5.56 Å². The van der Waals surface area contributed by atoms with Crippen LogP contribution in [-0.2, 0) is 9.47 Å². The third-order valence-electron chi connectivity index (χ3n) is 4.87. The minimum atomic E-state index is -0.402. The molecule has 0 spiro atoms. The first-order valence-electron chi connectivity index (χ1n) is 8.64. The van der Waals surface area contributed by atoms with Crippen molar-refractivity contribution in [2.45, 2.75) is 25.1 Å². The molecule has 3 rings (SSSR count). The van der Waals surface area contributed by atoms with Crippen molar-refractivity contribution in [1.82, 2.24) is 9.80 Å². The fourth-order valence-corrected chi connectivity index (χ4v) is 3.77. The molecule has 2 aliphatic rings. The Morgan fingerprint density at radius 3 is 1.91 bits per heavy atom. The molecule has 1 aromatic carbocycles. The van der Waals surface area contributed by atoms with Gasteiger partial charge in [-0.25, -0.2) is 0 Å². The monoisotopic (exact) mass is 320 g/mol. The number of rotatable bonds is 5. The maximum Gasteiger partial charge on any atom is 0.0685 e. The van der Waals surface area contributed by atoms with Crippen LogP contribution < -0.4 is 0 Å². The molecule has 0 amide bonds. The molecule has 5 nitrogen and oxygen atoms in total. The zero-order chi connectivity index (χ0) is 16.1. The standard InChI is InChI=1S/C18H28N2O3/c1-15(21)17(19-7-11-22-12-8-19)18(16-5-3-2-4-6-16)20-9-13-23-14-10-20/h2-6,15,17-18,21H,7-14H2,1H3/t15-,17+,18+/m0/s1. The minimum absolute atomic E-state index is 0.0689. The number of aliphatic hydroxyl groups is 1. The minimum Gasteiger partial charge on any atom is -0.392 e. The number of benzene rings is 1. The molecule has 0 unspecified atom stereocenters. The second-order valence-electron chi connectivity index (χ2n) is 6.38. The summed E-state index contributed by atoms with van der Waals surface area (Å²) in [6.07, 6.45) is -0.402. The molecular weight excluding hydrogens is 292 g/mol. The Bertz CT molecular complexity index is 457. The van der Waals surface area contributed by atoms with Crippen molar-refractivity contribution < 1.29 is 14.6 Å². The summed E-state index contributed by atoms with van der Waals surface area (Å²) in [4.78, 5) is 4.85. The largest absolute Gasteiger partial charge is 0.392 e. The molecule has 1 aromatic rings. The van der Waals surface area contributed by atoms with Crippen LogP contribution in [0.25, 0.3) is 0 Å². The van der Waals surface area contributed by atoms with E-state index in [2.05, 4.69) is 34.1 Å². The fourth-order valence-electron chi connectivity index (χ4n) is 3.77. The lowest BCUT2D eigenvalue weighted by molar-refractivity contribution is -0.0675. The van der Waals surface area contributed by atoms with Crippen LogP contribution >= 0.6 is 0 Å². The smallest absolute Gasteiger partial charge is 0.0685 e. The number of aliphatic hydroxyl groups excluding tert-OH is 1. The normalized spacial score (nSPS) is 25.0. The highest BCUT2D eigenvalue weighted by Gasteiger charge is 2.37. The molecule has 1 N–H and O–H groups in total. The summed E-state index contributed by atoms with van der Waals surface area (Å²) in [5.41, 5.74) is 1.27. The Morgan fingerprint density at radius 1 is 0.870 bits per heavy atom. The lowest BCUT2D eigenvalue weighted by Gasteiger charge is -2.46. The summed E-state index contributed by atoms with van der Waals surface area (Å²) < 4.78 is 11.0. The van der Waals surface area contributed by atoms with Gasteiger partial charge in [-0.1, -0.05) is 30.3 Å². The molecule has 0 radical (unpaired) electrons. The van der Waals surface area contributed by atoms with Crippen LogP contribution in [-0.4, -0.2) is 79.7 Å². The maximum absolute atomic E-state index is 10.6. The number of hydrogen-bond donors (Lipinski definition) is 1. The first kappa shape index (κ1) is 16.9. The summed E-state index contributed by atoms with van der Waals surface area (Å²) in [7, 11) is 0. The van der Waals surface area contributed by atoms with Crippen molar-refractivity contribution in [3.8, 4) is 0 Å². The van der Waals surface area contributed by atoms with Crippen molar-refractivity contribution >= 4 is 0 Å². The molecule has 0 bridgehead atoms. The van der Waals surface area contributed by atoms with Gasteiger partial charge in [-0.3, -0.25) is 9.80 Å². The van der Waals surface area contributed by atoms with Crippen LogP contribution in [0.4, 0.5) is 0 Å². The molecule has 2 aliphatic heterocycles. The average molecular weight is 320 g/mol. The first-order valence-corrected chi connectivity index (χ1v) is 8.64. The number of hydrogen-bond acceptors (Lipinski definition) is 5. The predicted octanol–water partition coefficient (Wildman–Crippen LogP) is 1.14. The zero-order valence-electron chi connectivity index (χ0n) is 13.9. The van der Waals surface area contributed by atoms with Gasteiger partial charge in [-0.05, 0) is 12.5 Å². The Kier molecular flexibility index (Phi) is 6.02. The van der Waals surface area contributed by atoms with E-state index in [0.29, 0.717) is 0 Å². The lowest BCUT2D eigenvalue weighted by Crippen LogP contribution is -2.56. The first-order chi connectivity index (χ1) is 11.3. The van der Waals surface area contributed by atoms with Gasteiger partial charge in [0.15, 0.2) is 0 Å². The summed E-state index contributed by atoms with van der Waals surface area (Å²) in [5.74, 6) is 0. The summed E-state index contributed by atoms with van der Waals surface area (Å²) in [6, 6.07) is 10.8. The molecule has 128 valence electrons. The quantitative estimate of drug-likeness (QED) is 0.881. The van der Waals surface area contributed by atoms with Crippen LogP contribution in [0.15, 0.2) is 30.3 Å². The van der Waals surface area contributed by atoms with Crippen molar-refractivity contribution in [2.75, 3.05) is 52.6 Å². The molecule has 0 aliphatic carbocycles. The van der Waals surface area contributed by atoms with Crippen molar-refractivity contribution in [1.29, 1.82) is 0 Å². The second kappa shape index (κ2) is 8.22. The summed E-state index contributed by atoms with van der Waals surface area (Å²) >= 11 is 0. The van der Waals surface area contributed by atoms with Gasteiger partial charge in [-0.15, -0.1) is 0 Å². The lowest BCUT2D eigenvalue weighted by atomic mass is 9.92. The second-order valence-corrected chi connectivity index (χ2v) is 6.38. The molecule has 0 aromatic heterocycles. The van der Waals surface area contributed by atoms with Crippen molar-refractivity contribution in [3.63, 3.8) is 0 Å². The van der Waals surface area contributed by atoms with Crippen molar-refractivity contribution in [2.24, 2.45) is 0 Å². The third-order valence-corrected chi connectivity index (χ3v) is 4.87. The maximum atomic E-state index is 10.6.